The molecule has 84 valence electrons. The summed E-state index contributed by atoms with van der Waals surface area (Å²) in [5.41, 5.74) is 7.31. The van der Waals surface area contributed by atoms with E-state index in [4.69, 9.17) is 5.73 Å². The number of benzene rings is 1. The Morgan fingerprint density at radius 1 is 1.12 bits per heavy atom. The summed E-state index contributed by atoms with van der Waals surface area (Å²) >= 11 is 0. The first-order valence-electron chi connectivity index (χ1n) is 5.32. The second kappa shape index (κ2) is 3.95. The van der Waals surface area contributed by atoms with Gasteiger partial charge in [0.2, 0.25) is 0 Å². The molecule has 0 unspecified atom stereocenters. The summed E-state index contributed by atoms with van der Waals surface area (Å²) in [7, 11) is 0. The number of nitrogens with zero attached hydrogens (tertiary/aromatic N) is 4. The van der Waals surface area contributed by atoms with E-state index >= 15 is 0 Å². The summed E-state index contributed by atoms with van der Waals surface area (Å²) in [6.07, 6.45) is 5.15. The summed E-state index contributed by atoms with van der Waals surface area (Å²) in [5.74, 6) is 0.689. The average Bonchev–Trinajstić information content (AvgIpc) is 2.82. The third-order valence-electron chi connectivity index (χ3n) is 2.58. The second-order valence-electron chi connectivity index (χ2n) is 3.69. The van der Waals surface area contributed by atoms with Crippen LogP contribution in [0.5, 0.6) is 0 Å². The predicted molar refractivity (Wildman–Crippen MR) is 64.6 cm³/mol. The summed E-state index contributed by atoms with van der Waals surface area (Å²) in [4.78, 5) is 8.51. The summed E-state index contributed by atoms with van der Waals surface area (Å²) in [6, 6.07) is 7.97. The molecule has 0 aliphatic heterocycles. The zero-order chi connectivity index (χ0) is 11.7. The van der Waals surface area contributed by atoms with Crippen molar-refractivity contribution in [3.8, 4) is 5.82 Å². The van der Waals surface area contributed by atoms with Crippen LogP contribution < -0.4 is 5.73 Å². The van der Waals surface area contributed by atoms with Crippen LogP contribution in [0.4, 0.5) is 0 Å². The van der Waals surface area contributed by atoms with Crippen molar-refractivity contribution in [2.24, 2.45) is 5.73 Å². The Bertz CT molecular complexity index is 659. The maximum absolute atomic E-state index is 5.55. The first-order valence-corrected chi connectivity index (χ1v) is 5.32. The molecule has 2 heterocycles. The van der Waals surface area contributed by atoms with Crippen LogP contribution in [0.15, 0.2) is 42.9 Å². The molecule has 0 aliphatic carbocycles. The van der Waals surface area contributed by atoms with Gasteiger partial charge in [-0.05, 0) is 6.07 Å². The molecule has 0 bridgehead atoms. The molecule has 0 amide bonds. The van der Waals surface area contributed by atoms with Crippen molar-refractivity contribution < 1.29 is 0 Å². The molecule has 1 aromatic carbocycles. The van der Waals surface area contributed by atoms with Crippen molar-refractivity contribution in [3.63, 3.8) is 0 Å². The van der Waals surface area contributed by atoms with Gasteiger partial charge in [0.1, 0.15) is 0 Å². The van der Waals surface area contributed by atoms with Crippen LogP contribution in [0.2, 0.25) is 0 Å². The van der Waals surface area contributed by atoms with E-state index in [1.165, 1.54) is 0 Å². The van der Waals surface area contributed by atoms with Gasteiger partial charge in [-0.1, -0.05) is 18.2 Å². The fraction of sp³-hybridized carbons (Fsp3) is 0.0833. The minimum Gasteiger partial charge on any atom is -0.325 e. The monoisotopic (exact) mass is 225 g/mol. The lowest BCUT2D eigenvalue weighted by Crippen LogP contribution is -2.06. The van der Waals surface area contributed by atoms with Gasteiger partial charge in [0.15, 0.2) is 5.82 Å². The van der Waals surface area contributed by atoms with Crippen molar-refractivity contribution in [1.82, 2.24) is 19.7 Å². The Kier molecular flexibility index (Phi) is 2.31. The number of fused-ring (bicyclic) bond motifs is 1. The van der Waals surface area contributed by atoms with Gasteiger partial charge in [-0.15, -0.1) is 0 Å². The van der Waals surface area contributed by atoms with E-state index in [9.17, 15) is 0 Å². The molecule has 5 nitrogen and oxygen atoms in total. The summed E-state index contributed by atoms with van der Waals surface area (Å²) in [6.45, 7) is 0.375. The quantitative estimate of drug-likeness (QED) is 0.713. The molecule has 0 saturated heterocycles. The van der Waals surface area contributed by atoms with Crippen LogP contribution in [-0.2, 0) is 6.54 Å². The van der Waals surface area contributed by atoms with Gasteiger partial charge in [0, 0.05) is 18.1 Å². The molecule has 2 N–H and O–H groups in total. The number of para-hydroxylation sites is 1. The van der Waals surface area contributed by atoms with Crippen LogP contribution in [0.1, 0.15) is 5.69 Å². The van der Waals surface area contributed by atoms with E-state index in [2.05, 4.69) is 15.1 Å². The van der Waals surface area contributed by atoms with Crippen LogP contribution in [-0.4, -0.2) is 19.7 Å². The zero-order valence-electron chi connectivity index (χ0n) is 9.11. The number of hydrogen-bond donors (Lipinski definition) is 1. The largest absolute Gasteiger partial charge is 0.325 e. The zero-order valence-corrected chi connectivity index (χ0v) is 9.11. The highest BCUT2D eigenvalue weighted by Crippen LogP contribution is 2.15. The molecule has 0 atom stereocenters. The standard InChI is InChI=1S/C12H11N5/c13-5-10-7-14-8-12(16-10)17-11-4-2-1-3-9(11)6-15-17/h1-4,6-8H,5,13H2. The lowest BCUT2D eigenvalue weighted by molar-refractivity contribution is 0.837. The molecule has 0 radical (unpaired) electrons. The van der Waals surface area contributed by atoms with Crippen LogP contribution in [0.25, 0.3) is 16.7 Å². The normalized spacial score (nSPS) is 10.9. The van der Waals surface area contributed by atoms with Crippen molar-refractivity contribution >= 4 is 10.9 Å². The lowest BCUT2D eigenvalue weighted by atomic mass is 10.3. The van der Waals surface area contributed by atoms with Crippen molar-refractivity contribution in [2.45, 2.75) is 6.54 Å². The smallest absolute Gasteiger partial charge is 0.172 e. The minimum absolute atomic E-state index is 0.375. The SMILES string of the molecule is NCc1cncc(-n2ncc3ccccc32)n1. The van der Waals surface area contributed by atoms with Crippen LogP contribution in [0.3, 0.4) is 0 Å². The molecule has 3 rings (SSSR count). The predicted octanol–water partition coefficient (Wildman–Crippen LogP) is 1.27. The van der Waals surface area contributed by atoms with Crippen LogP contribution in [0, 0.1) is 0 Å². The average molecular weight is 225 g/mol. The van der Waals surface area contributed by atoms with Gasteiger partial charge in [-0.2, -0.15) is 5.10 Å². The Morgan fingerprint density at radius 2 is 2.00 bits per heavy atom. The first-order chi connectivity index (χ1) is 8.38. The van der Waals surface area contributed by atoms with Gasteiger partial charge < -0.3 is 5.73 Å². The first kappa shape index (κ1) is 9.92. The lowest BCUT2D eigenvalue weighted by Gasteiger charge is -2.03. The van der Waals surface area contributed by atoms with E-state index in [1.54, 1.807) is 17.1 Å². The highest BCUT2D eigenvalue weighted by atomic mass is 15.3. The maximum atomic E-state index is 5.55. The highest BCUT2D eigenvalue weighted by molar-refractivity contribution is 5.79. The number of aromatic nitrogens is 4. The molecule has 0 fully saturated rings. The van der Waals surface area contributed by atoms with Gasteiger partial charge >= 0.3 is 0 Å². The fourth-order valence-corrected chi connectivity index (χ4v) is 1.75. The Balaban J connectivity index is 2.20. The van der Waals surface area contributed by atoms with Crippen LogP contribution >= 0.6 is 0 Å². The van der Waals surface area contributed by atoms with E-state index in [1.807, 2.05) is 30.5 Å². The van der Waals surface area contributed by atoms with Crippen molar-refractivity contribution in [2.75, 3.05) is 0 Å². The molecule has 0 aliphatic rings. The van der Waals surface area contributed by atoms with Crippen molar-refractivity contribution in [3.05, 3.63) is 48.5 Å². The van der Waals surface area contributed by atoms with Gasteiger partial charge in [0.25, 0.3) is 0 Å². The van der Waals surface area contributed by atoms with Gasteiger partial charge in [0.05, 0.1) is 23.6 Å². The molecule has 0 spiro atoms. The molecular weight excluding hydrogens is 214 g/mol. The van der Waals surface area contributed by atoms with E-state index in [-0.39, 0.29) is 0 Å². The molecule has 5 heteroatoms. The summed E-state index contributed by atoms with van der Waals surface area (Å²) < 4.78 is 1.77. The molecule has 0 saturated carbocycles. The topological polar surface area (TPSA) is 69.6 Å². The summed E-state index contributed by atoms with van der Waals surface area (Å²) in [5, 5.41) is 5.39. The fourth-order valence-electron chi connectivity index (χ4n) is 1.75. The molecule has 2 aromatic heterocycles. The van der Waals surface area contributed by atoms with E-state index in [0.717, 1.165) is 16.6 Å². The third-order valence-corrected chi connectivity index (χ3v) is 2.58. The van der Waals surface area contributed by atoms with Gasteiger partial charge in [-0.3, -0.25) is 4.98 Å². The third kappa shape index (κ3) is 1.66. The number of hydrogen-bond acceptors (Lipinski definition) is 4. The molecular formula is C12H11N5. The number of nitrogens with two attached hydrogens (primary N) is 1. The van der Waals surface area contributed by atoms with Crippen molar-refractivity contribution in [1.29, 1.82) is 0 Å². The number of rotatable bonds is 2. The highest BCUT2D eigenvalue weighted by Gasteiger charge is 2.05. The Labute approximate surface area is 97.9 Å². The second-order valence-corrected chi connectivity index (χ2v) is 3.69. The van der Waals surface area contributed by atoms with E-state index in [0.29, 0.717) is 12.4 Å². The molecule has 3 aromatic rings. The molecule has 17 heavy (non-hydrogen) atoms. The Hall–Kier alpha value is -2.27. The van der Waals surface area contributed by atoms with E-state index < -0.39 is 0 Å². The maximum Gasteiger partial charge on any atom is 0.172 e. The van der Waals surface area contributed by atoms with Gasteiger partial charge in [-0.25, -0.2) is 9.67 Å². The minimum atomic E-state index is 0.375. The Morgan fingerprint density at radius 3 is 2.88 bits per heavy atom.